The molecule has 3 rings (SSSR count). The summed E-state index contributed by atoms with van der Waals surface area (Å²) in [5.74, 6) is -1.36. The predicted molar refractivity (Wildman–Crippen MR) is 115 cm³/mol. The van der Waals surface area contributed by atoms with Crippen LogP contribution in [0.2, 0.25) is 5.02 Å². The smallest absolute Gasteiger partial charge is 0.341 e. The molecule has 0 fully saturated rings. The maximum Gasteiger partial charge on any atom is 0.341 e. The number of amides is 1. The van der Waals surface area contributed by atoms with Crippen molar-refractivity contribution in [2.45, 2.75) is 25.7 Å². The van der Waals surface area contributed by atoms with Crippen molar-refractivity contribution in [2.75, 3.05) is 18.5 Å². The van der Waals surface area contributed by atoms with Gasteiger partial charge < -0.3 is 15.0 Å². The van der Waals surface area contributed by atoms with E-state index < -0.39 is 28.4 Å². The lowest BCUT2D eigenvalue weighted by molar-refractivity contribution is -0.115. The molecular formula is C18H19ClN4O5S2. The number of halogens is 1. The van der Waals surface area contributed by atoms with Crippen molar-refractivity contribution >= 4 is 60.2 Å². The van der Waals surface area contributed by atoms with E-state index in [0.29, 0.717) is 21.4 Å². The van der Waals surface area contributed by atoms with Crippen molar-refractivity contribution in [2.24, 2.45) is 0 Å². The van der Waals surface area contributed by atoms with Gasteiger partial charge in [-0.05, 0) is 39.0 Å². The first-order valence-corrected chi connectivity index (χ1v) is 11.5. The summed E-state index contributed by atoms with van der Waals surface area (Å²) in [7, 11) is -4.16. The average Bonchev–Trinajstić information content (AvgIpc) is 3.19. The summed E-state index contributed by atoms with van der Waals surface area (Å²) in [5.41, 5.74) is 1.22. The van der Waals surface area contributed by atoms with Gasteiger partial charge >= 0.3 is 5.97 Å². The van der Waals surface area contributed by atoms with Crippen LogP contribution in [-0.4, -0.2) is 43.4 Å². The number of carbonyl (C=O) groups excluding carboxylic acids is 2. The number of esters is 1. The van der Waals surface area contributed by atoms with Crippen LogP contribution in [-0.2, 0) is 19.6 Å². The molecule has 0 saturated carbocycles. The Kier molecular flexibility index (Phi) is 6.46. The van der Waals surface area contributed by atoms with E-state index in [4.69, 9.17) is 16.3 Å². The zero-order chi connectivity index (χ0) is 22.1. The van der Waals surface area contributed by atoms with Gasteiger partial charge in [0.1, 0.15) is 10.5 Å². The van der Waals surface area contributed by atoms with Gasteiger partial charge in [-0.1, -0.05) is 22.9 Å². The van der Waals surface area contributed by atoms with Crippen molar-refractivity contribution in [3.63, 3.8) is 0 Å². The third-order valence-electron chi connectivity index (χ3n) is 4.09. The summed E-state index contributed by atoms with van der Waals surface area (Å²) in [6.07, 6.45) is 0. The molecule has 0 unspecified atom stereocenters. The third-order valence-corrected chi connectivity index (χ3v) is 6.83. The number of nitrogens with zero attached hydrogens (tertiary/aromatic N) is 1. The molecule has 2 aromatic heterocycles. The Bertz CT molecular complexity index is 1230. The quantitative estimate of drug-likeness (QED) is 0.455. The lowest BCUT2D eigenvalue weighted by Crippen LogP contribution is -2.33. The molecule has 0 aliphatic carbocycles. The molecule has 0 bridgehead atoms. The molecule has 0 atom stereocenters. The van der Waals surface area contributed by atoms with E-state index in [1.807, 2.05) is 0 Å². The number of hydrogen-bond acceptors (Lipinski definition) is 7. The van der Waals surface area contributed by atoms with Crippen LogP contribution in [0.1, 0.15) is 28.7 Å². The van der Waals surface area contributed by atoms with Crippen LogP contribution in [0.5, 0.6) is 0 Å². The SMILES string of the molecule is CCOC(=O)c1c(C)[nH]c(C)c1S(=O)(=O)NCC(=O)Nc1nc2ccc(Cl)cc2s1. The van der Waals surface area contributed by atoms with E-state index in [9.17, 15) is 18.0 Å². The highest BCUT2D eigenvalue weighted by Gasteiger charge is 2.30. The number of anilines is 1. The van der Waals surface area contributed by atoms with Crippen LogP contribution < -0.4 is 10.0 Å². The van der Waals surface area contributed by atoms with Crippen LogP contribution in [0.15, 0.2) is 23.1 Å². The first kappa shape index (κ1) is 22.2. The van der Waals surface area contributed by atoms with Crippen molar-refractivity contribution < 1.29 is 22.7 Å². The Morgan fingerprint density at radius 2 is 2.00 bits per heavy atom. The van der Waals surface area contributed by atoms with Crippen molar-refractivity contribution in [1.29, 1.82) is 0 Å². The molecule has 0 aliphatic rings. The van der Waals surface area contributed by atoms with Gasteiger partial charge in [0.2, 0.25) is 15.9 Å². The molecule has 0 saturated heterocycles. The minimum absolute atomic E-state index is 0.0784. The number of nitrogens with one attached hydrogen (secondary N) is 3. The van der Waals surface area contributed by atoms with E-state index in [2.05, 4.69) is 20.0 Å². The van der Waals surface area contributed by atoms with E-state index in [-0.39, 0.29) is 22.8 Å². The fourth-order valence-corrected chi connectivity index (χ4v) is 5.47. The first-order valence-electron chi connectivity index (χ1n) is 8.84. The minimum Gasteiger partial charge on any atom is -0.462 e. The number of carbonyl (C=O) groups is 2. The summed E-state index contributed by atoms with van der Waals surface area (Å²) < 4.78 is 33.5. The maximum atomic E-state index is 12.8. The molecule has 3 aromatic rings. The summed E-state index contributed by atoms with van der Waals surface area (Å²) in [5, 5.41) is 3.42. The van der Waals surface area contributed by atoms with Crippen LogP contribution in [0, 0.1) is 13.8 Å². The number of ether oxygens (including phenoxy) is 1. The number of hydrogen-bond donors (Lipinski definition) is 3. The summed E-state index contributed by atoms with van der Waals surface area (Å²) in [4.78, 5) is 31.3. The van der Waals surface area contributed by atoms with E-state index in [0.717, 1.165) is 4.70 Å². The Balaban J connectivity index is 1.74. The van der Waals surface area contributed by atoms with Gasteiger partial charge in [0.25, 0.3) is 0 Å². The second-order valence-corrected chi connectivity index (χ2v) is 9.47. The predicted octanol–water partition coefficient (Wildman–Crippen LogP) is 2.99. The minimum atomic E-state index is -4.16. The summed E-state index contributed by atoms with van der Waals surface area (Å²) in [6, 6.07) is 5.13. The second kappa shape index (κ2) is 8.72. The van der Waals surface area contributed by atoms with Gasteiger partial charge in [0.15, 0.2) is 5.13 Å². The fraction of sp³-hybridized carbons (Fsp3) is 0.278. The molecule has 0 spiro atoms. The van der Waals surface area contributed by atoms with E-state index >= 15 is 0 Å². The Hall–Kier alpha value is -2.47. The molecule has 30 heavy (non-hydrogen) atoms. The topological polar surface area (TPSA) is 130 Å². The summed E-state index contributed by atoms with van der Waals surface area (Å²) >= 11 is 7.16. The lowest BCUT2D eigenvalue weighted by Gasteiger charge is -2.09. The highest BCUT2D eigenvalue weighted by molar-refractivity contribution is 7.89. The normalized spacial score (nSPS) is 11.6. The van der Waals surface area contributed by atoms with Gasteiger partial charge in [-0.3, -0.25) is 4.79 Å². The van der Waals surface area contributed by atoms with Gasteiger partial charge in [0, 0.05) is 16.4 Å². The van der Waals surface area contributed by atoms with Crippen LogP contribution >= 0.6 is 22.9 Å². The Labute approximate surface area is 181 Å². The highest BCUT2D eigenvalue weighted by atomic mass is 35.5. The lowest BCUT2D eigenvalue weighted by atomic mass is 10.2. The number of benzene rings is 1. The van der Waals surface area contributed by atoms with Crippen molar-refractivity contribution in [1.82, 2.24) is 14.7 Å². The number of aromatic amines is 1. The molecule has 0 aliphatic heterocycles. The van der Waals surface area contributed by atoms with Gasteiger partial charge in [0.05, 0.1) is 23.4 Å². The summed E-state index contributed by atoms with van der Waals surface area (Å²) in [6.45, 7) is 4.29. The van der Waals surface area contributed by atoms with Gasteiger partial charge in [-0.25, -0.2) is 22.9 Å². The number of H-pyrrole nitrogens is 1. The molecule has 2 heterocycles. The Morgan fingerprint density at radius 3 is 2.70 bits per heavy atom. The third kappa shape index (κ3) is 4.64. The van der Waals surface area contributed by atoms with Crippen molar-refractivity contribution in [3.05, 3.63) is 40.2 Å². The van der Waals surface area contributed by atoms with E-state index in [1.165, 1.54) is 18.3 Å². The highest BCUT2D eigenvalue weighted by Crippen LogP contribution is 2.28. The van der Waals surface area contributed by atoms with Crippen LogP contribution in [0.25, 0.3) is 10.2 Å². The van der Waals surface area contributed by atoms with Crippen molar-refractivity contribution in [3.8, 4) is 0 Å². The van der Waals surface area contributed by atoms with Gasteiger partial charge in [-0.2, -0.15) is 0 Å². The monoisotopic (exact) mass is 470 g/mol. The van der Waals surface area contributed by atoms with Crippen LogP contribution in [0.4, 0.5) is 5.13 Å². The molecule has 1 amide bonds. The maximum absolute atomic E-state index is 12.8. The van der Waals surface area contributed by atoms with Crippen LogP contribution in [0.3, 0.4) is 0 Å². The number of fused-ring (bicyclic) bond motifs is 1. The number of sulfonamides is 1. The largest absolute Gasteiger partial charge is 0.462 e. The number of rotatable bonds is 7. The molecular weight excluding hydrogens is 452 g/mol. The number of thiazole rings is 1. The molecule has 0 radical (unpaired) electrons. The zero-order valence-electron chi connectivity index (χ0n) is 16.3. The molecule has 160 valence electrons. The average molecular weight is 471 g/mol. The molecule has 1 aromatic carbocycles. The molecule has 9 nitrogen and oxygen atoms in total. The fourth-order valence-electron chi connectivity index (χ4n) is 2.89. The number of aryl methyl sites for hydroxylation is 2. The molecule has 3 N–H and O–H groups in total. The molecule has 12 heteroatoms. The number of aromatic nitrogens is 2. The standard InChI is InChI=1S/C18H19ClN4O5S2/c1-4-28-17(25)15-9(2)21-10(3)16(15)30(26,27)20-8-14(24)23-18-22-12-6-5-11(19)7-13(12)29-18/h5-7,20-21H,4,8H2,1-3H3,(H,22,23,24). The first-order chi connectivity index (χ1) is 14.1. The Morgan fingerprint density at radius 1 is 1.27 bits per heavy atom. The second-order valence-electron chi connectivity index (χ2n) is 6.30. The zero-order valence-corrected chi connectivity index (χ0v) is 18.7. The van der Waals surface area contributed by atoms with Gasteiger partial charge in [-0.15, -0.1) is 0 Å². The van der Waals surface area contributed by atoms with E-state index in [1.54, 1.807) is 32.0 Å².